The van der Waals surface area contributed by atoms with Gasteiger partial charge in [0.15, 0.2) is 0 Å². The third kappa shape index (κ3) is 4.70. The largest absolute Gasteiger partial charge is 0.444 e. The summed E-state index contributed by atoms with van der Waals surface area (Å²) in [6, 6.07) is -0.210. The molecule has 1 aliphatic rings. The zero-order valence-electron chi connectivity index (χ0n) is 14.9. The highest BCUT2D eigenvalue weighted by atomic mass is 16.6. The Labute approximate surface area is 138 Å². The number of aromatic nitrogens is 2. The summed E-state index contributed by atoms with van der Waals surface area (Å²) in [7, 11) is 0. The van der Waals surface area contributed by atoms with Crippen molar-refractivity contribution in [2.24, 2.45) is 5.92 Å². The normalized spacial score (nSPS) is 19.6. The van der Waals surface area contributed by atoms with Crippen LogP contribution in [0.5, 0.6) is 0 Å². The molecule has 0 saturated carbocycles. The molecular formula is C17H29N3O3. The van der Waals surface area contributed by atoms with E-state index in [-0.39, 0.29) is 12.0 Å². The van der Waals surface area contributed by atoms with Gasteiger partial charge in [0.05, 0.1) is 18.3 Å². The molecule has 0 spiro atoms. The number of nitrogens with one attached hydrogen (secondary N) is 2. The minimum absolute atomic E-state index is 0.210. The lowest BCUT2D eigenvalue weighted by molar-refractivity contribution is 0.0477. The Balaban J connectivity index is 2.20. The van der Waals surface area contributed by atoms with Gasteiger partial charge in [-0.3, -0.25) is 0 Å². The van der Waals surface area contributed by atoms with Gasteiger partial charge in [-0.2, -0.15) is 0 Å². The molecule has 6 nitrogen and oxygen atoms in total. The number of rotatable bonds is 5. The quantitative estimate of drug-likeness (QED) is 0.873. The molecule has 23 heavy (non-hydrogen) atoms. The third-order valence-corrected chi connectivity index (χ3v) is 3.97. The zero-order chi connectivity index (χ0) is 17.0. The summed E-state index contributed by atoms with van der Waals surface area (Å²) >= 11 is 0. The van der Waals surface area contributed by atoms with Gasteiger partial charge in [0.25, 0.3) is 0 Å². The molecule has 1 fully saturated rings. The van der Waals surface area contributed by atoms with E-state index in [9.17, 15) is 4.79 Å². The van der Waals surface area contributed by atoms with E-state index in [1.807, 2.05) is 20.8 Å². The van der Waals surface area contributed by atoms with Crippen molar-refractivity contribution in [2.45, 2.75) is 65.5 Å². The average Bonchev–Trinajstić information content (AvgIpc) is 3.12. The van der Waals surface area contributed by atoms with Crippen LogP contribution in [0.2, 0.25) is 0 Å². The number of H-pyrrole nitrogens is 1. The maximum atomic E-state index is 12.2. The highest BCUT2D eigenvalue weighted by molar-refractivity contribution is 5.68. The van der Waals surface area contributed by atoms with Crippen molar-refractivity contribution in [3.8, 4) is 0 Å². The number of nitrogens with zero attached hydrogens (tertiary/aromatic N) is 1. The maximum Gasteiger partial charge on any atom is 0.408 e. The minimum atomic E-state index is -0.521. The lowest BCUT2D eigenvalue weighted by Gasteiger charge is -2.25. The molecule has 1 aromatic heterocycles. The van der Waals surface area contributed by atoms with Crippen molar-refractivity contribution in [3.63, 3.8) is 0 Å². The Morgan fingerprint density at radius 1 is 1.43 bits per heavy atom. The van der Waals surface area contributed by atoms with Crippen LogP contribution < -0.4 is 5.32 Å². The lowest BCUT2D eigenvalue weighted by atomic mass is 9.98. The van der Waals surface area contributed by atoms with Crippen molar-refractivity contribution in [1.29, 1.82) is 0 Å². The van der Waals surface area contributed by atoms with Crippen LogP contribution >= 0.6 is 0 Å². The topological polar surface area (TPSA) is 76.2 Å². The third-order valence-electron chi connectivity index (χ3n) is 3.97. The fraction of sp³-hybridized carbons (Fsp3) is 0.765. The van der Waals surface area contributed by atoms with Gasteiger partial charge in [0, 0.05) is 18.2 Å². The Bertz CT molecular complexity index is 506. The Kier molecular flexibility index (Phi) is 5.68. The monoisotopic (exact) mass is 323 g/mol. The second-order valence-electron chi connectivity index (χ2n) is 7.00. The molecule has 130 valence electrons. The smallest absolute Gasteiger partial charge is 0.408 e. The van der Waals surface area contributed by atoms with E-state index in [1.165, 1.54) is 0 Å². The van der Waals surface area contributed by atoms with Crippen LogP contribution in [0, 0.1) is 5.92 Å². The fourth-order valence-electron chi connectivity index (χ4n) is 2.86. The molecule has 2 unspecified atom stereocenters. The molecule has 2 atom stereocenters. The number of amides is 1. The van der Waals surface area contributed by atoms with Gasteiger partial charge >= 0.3 is 6.09 Å². The molecule has 6 heteroatoms. The summed E-state index contributed by atoms with van der Waals surface area (Å²) < 4.78 is 10.9. The van der Waals surface area contributed by atoms with E-state index >= 15 is 0 Å². The van der Waals surface area contributed by atoms with E-state index in [0.29, 0.717) is 6.61 Å². The van der Waals surface area contributed by atoms with Crippen molar-refractivity contribution in [3.05, 3.63) is 17.2 Å². The predicted molar refractivity (Wildman–Crippen MR) is 88.4 cm³/mol. The number of carbonyl (C=O) groups is 1. The van der Waals surface area contributed by atoms with E-state index < -0.39 is 11.7 Å². The van der Waals surface area contributed by atoms with Gasteiger partial charge in [-0.1, -0.05) is 13.8 Å². The van der Waals surface area contributed by atoms with Crippen LogP contribution in [-0.4, -0.2) is 34.9 Å². The van der Waals surface area contributed by atoms with Crippen molar-refractivity contribution < 1.29 is 14.3 Å². The molecule has 0 aliphatic carbocycles. The van der Waals surface area contributed by atoms with Gasteiger partial charge in [-0.15, -0.1) is 0 Å². The van der Waals surface area contributed by atoms with Crippen LogP contribution in [-0.2, 0) is 22.3 Å². The molecule has 2 N–H and O–H groups in total. The lowest BCUT2D eigenvalue weighted by Crippen LogP contribution is -2.38. The molecular weight excluding hydrogens is 294 g/mol. The molecule has 2 rings (SSSR count). The van der Waals surface area contributed by atoms with Crippen LogP contribution in [0.15, 0.2) is 0 Å². The first-order valence-electron chi connectivity index (χ1n) is 8.49. The van der Waals surface area contributed by atoms with Crippen LogP contribution in [0.3, 0.4) is 0 Å². The maximum absolute atomic E-state index is 12.2. The second-order valence-corrected chi connectivity index (χ2v) is 7.00. The number of aryl methyl sites for hydroxylation is 2. The van der Waals surface area contributed by atoms with Gasteiger partial charge < -0.3 is 19.8 Å². The summed E-state index contributed by atoms with van der Waals surface area (Å²) in [5, 5.41) is 2.99. The van der Waals surface area contributed by atoms with Crippen LogP contribution in [0.1, 0.15) is 64.3 Å². The molecule has 1 amide bonds. The van der Waals surface area contributed by atoms with Crippen LogP contribution in [0.4, 0.5) is 4.79 Å². The Hall–Kier alpha value is -1.56. The van der Waals surface area contributed by atoms with Gasteiger partial charge in [0.1, 0.15) is 11.4 Å². The van der Waals surface area contributed by atoms with Gasteiger partial charge in [0.2, 0.25) is 0 Å². The van der Waals surface area contributed by atoms with Crippen molar-refractivity contribution in [1.82, 2.24) is 15.3 Å². The number of carbonyl (C=O) groups excluding carboxylic acids is 1. The minimum Gasteiger partial charge on any atom is -0.444 e. The van der Waals surface area contributed by atoms with Crippen LogP contribution in [0.25, 0.3) is 0 Å². The molecule has 0 bridgehead atoms. The Morgan fingerprint density at radius 3 is 2.65 bits per heavy atom. The number of alkyl carbamates (subject to hydrolysis) is 1. The SMILES string of the molecule is CCc1nc(C(NC(=O)OC(C)(C)C)C2CCOC2)[nH]c1CC. The zero-order valence-corrected chi connectivity index (χ0v) is 14.9. The molecule has 1 aliphatic heterocycles. The molecule has 0 aromatic carbocycles. The van der Waals surface area contributed by atoms with Crippen molar-refractivity contribution in [2.75, 3.05) is 13.2 Å². The van der Waals surface area contributed by atoms with E-state index in [1.54, 1.807) is 0 Å². The number of hydrogen-bond donors (Lipinski definition) is 2. The molecule has 1 aromatic rings. The number of imidazole rings is 1. The fourth-order valence-corrected chi connectivity index (χ4v) is 2.86. The van der Waals surface area contributed by atoms with Crippen molar-refractivity contribution >= 4 is 6.09 Å². The average molecular weight is 323 g/mol. The molecule has 0 radical (unpaired) electrons. The number of hydrogen-bond acceptors (Lipinski definition) is 4. The second kappa shape index (κ2) is 7.34. The van der Waals surface area contributed by atoms with E-state index in [4.69, 9.17) is 14.5 Å². The highest BCUT2D eigenvalue weighted by Gasteiger charge is 2.32. The van der Waals surface area contributed by atoms with Gasteiger partial charge in [-0.25, -0.2) is 9.78 Å². The van der Waals surface area contributed by atoms with E-state index in [2.05, 4.69) is 24.1 Å². The van der Waals surface area contributed by atoms with E-state index in [0.717, 1.165) is 43.1 Å². The molecule has 1 saturated heterocycles. The highest BCUT2D eigenvalue weighted by Crippen LogP contribution is 2.28. The summed E-state index contributed by atoms with van der Waals surface area (Å²) in [6.45, 7) is 11.1. The number of aromatic amines is 1. The number of ether oxygens (including phenoxy) is 2. The predicted octanol–water partition coefficient (Wildman–Crippen LogP) is 3.14. The molecule has 2 heterocycles. The first-order valence-corrected chi connectivity index (χ1v) is 8.49. The first kappa shape index (κ1) is 17.8. The van der Waals surface area contributed by atoms with Gasteiger partial charge in [-0.05, 0) is 40.0 Å². The summed E-state index contributed by atoms with van der Waals surface area (Å²) in [5.74, 6) is 1.02. The Morgan fingerprint density at radius 2 is 2.17 bits per heavy atom. The standard InChI is InChI=1S/C17H29N3O3/c1-6-12-13(7-2)19-15(18-12)14(11-8-9-22-10-11)20-16(21)23-17(3,4)5/h11,14H,6-10H2,1-5H3,(H,18,19)(H,20,21). The summed E-state index contributed by atoms with van der Waals surface area (Å²) in [4.78, 5) is 20.3. The summed E-state index contributed by atoms with van der Waals surface area (Å²) in [6.07, 6.45) is 2.27. The first-order chi connectivity index (χ1) is 10.8. The summed E-state index contributed by atoms with van der Waals surface area (Å²) in [5.41, 5.74) is 1.68.